The molecule has 1 aromatic rings. The Morgan fingerprint density at radius 1 is 1.14 bits per heavy atom. The van der Waals surface area contributed by atoms with Gasteiger partial charge in [-0.3, -0.25) is 4.79 Å². The van der Waals surface area contributed by atoms with E-state index in [9.17, 15) is 9.59 Å². The van der Waals surface area contributed by atoms with E-state index in [1.54, 1.807) is 0 Å². The van der Waals surface area contributed by atoms with Crippen LogP contribution in [-0.4, -0.2) is 51.6 Å². The van der Waals surface area contributed by atoms with Crippen LogP contribution in [0.4, 0.5) is 4.79 Å². The van der Waals surface area contributed by atoms with Crippen molar-refractivity contribution in [2.75, 3.05) is 26.4 Å². The van der Waals surface area contributed by atoms with E-state index in [1.165, 1.54) is 16.0 Å². The van der Waals surface area contributed by atoms with Gasteiger partial charge < -0.3 is 13.9 Å². The number of ether oxygens (including phenoxy) is 2. The second-order valence-corrected chi connectivity index (χ2v) is 17.8. The van der Waals surface area contributed by atoms with Gasteiger partial charge in [0.1, 0.15) is 6.61 Å². The van der Waals surface area contributed by atoms with Crippen LogP contribution in [0.15, 0.2) is 41.5 Å². The van der Waals surface area contributed by atoms with E-state index >= 15 is 0 Å². The molecule has 1 aromatic carbocycles. The van der Waals surface area contributed by atoms with Crippen LogP contribution < -0.4 is 0 Å². The van der Waals surface area contributed by atoms with E-state index < -0.39 is 19.8 Å². The van der Waals surface area contributed by atoms with Gasteiger partial charge in [0.15, 0.2) is 8.32 Å². The van der Waals surface area contributed by atoms with Crippen molar-refractivity contribution in [2.24, 2.45) is 23.2 Å². The molecule has 1 aliphatic carbocycles. The van der Waals surface area contributed by atoms with Gasteiger partial charge in [-0.1, -0.05) is 65.0 Å². The zero-order chi connectivity index (χ0) is 27.0. The molecule has 0 radical (unpaired) electrons. The Morgan fingerprint density at radius 2 is 1.84 bits per heavy atom. The van der Waals surface area contributed by atoms with Crippen LogP contribution in [0.5, 0.6) is 0 Å². The van der Waals surface area contributed by atoms with E-state index in [1.807, 2.05) is 30.3 Å². The summed E-state index contributed by atoms with van der Waals surface area (Å²) >= 11 is 0. The molecule has 0 N–H and O–H groups in total. The number of imide groups is 1. The maximum absolute atomic E-state index is 14.5. The Hall–Kier alpha value is -1.96. The topological polar surface area (TPSA) is 65.1 Å². The molecule has 0 bridgehead atoms. The Balaban J connectivity index is 1.66. The summed E-state index contributed by atoms with van der Waals surface area (Å²) in [6.45, 7) is 17.8. The smallest absolute Gasteiger partial charge is 0.416 e. The minimum absolute atomic E-state index is 0.0702. The first-order chi connectivity index (χ1) is 17.4. The third-order valence-electron chi connectivity index (χ3n) is 9.59. The predicted octanol–water partition coefficient (Wildman–Crippen LogP) is 6.57. The van der Waals surface area contributed by atoms with Crippen molar-refractivity contribution in [3.63, 3.8) is 0 Å². The van der Waals surface area contributed by atoms with Crippen molar-refractivity contribution >= 4 is 20.3 Å². The van der Waals surface area contributed by atoms with Crippen molar-refractivity contribution < 1.29 is 23.5 Å². The van der Waals surface area contributed by atoms with Gasteiger partial charge in [0.25, 0.3) is 0 Å². The lowest BCUT2D eigenvalue weighted by atomic mass is 9.60. The van der Waals surface area contributed by atoms with Gasteiger partial charge >= 0.3 is 6.09 Å². The summed E-state index contributed by atoms with van der Waals surface area (Å²) in [5.74, 6) is 0.294. The van der Waals surface area contributed by atoms with Crippen molar-refractivity contribution in [3.05, 3.63) is 47.0 Å². The largest absolute Gasteiger partial charge is 0.444 e. The molecule has 0 aromatic heterocycles. The van der Waals surface area contributed by atoms with Crippen LogP contribution in [0.1, 0.15) is 59.4 Å². The summed E-state index contributed by atoms with van der Waals surface area (Å²) in [5.41, 5.74) is 2.78. The lowest BCUT2D eigenvalue weighted by molar-refractivity contribution is -0.144. The SMILES string of the molecule is C[C@H]1CN(C(=O)OCc2ccccc2)C(=O)[C@]2(CCC3=C(COC3)[C@@H]2CO[Si](C)(C)C(C)(C)C)C[C@@H]1C. The summed E-state index contributed by atoms with van der Waals surface area (Å²) in [4.78, 5) is 29.3. The molecule has 4 atom stereocenters. The van der Waals surface area contributed by atoms with Gasteiger partial charge in [0.2, 0.25) is 5.91 Å². The number of hydrogen-bond acceptors (Lipinski definition) is 5. The van der Waals surface area contributed by atoms with Crippen LogP contribution >= 0.6 is 0 Å². The fraction of sp³-hybridized carbons (Fsp3) is 0.667. The average molecular weight is 528 g/mol. The summed E-state index contributed by atoms with van der Waals surface area (Å²) in [7, 11) is -2.05. The highest BCUT2D eigenvalue weighted by Gasteiger charge is 2.56. The standard InChI is InChI=1S/C30H45NO5Si/c1-21-15-30(27(32)31(16-22(21)2)28(33)35-17-23-11-9-8-10-12-23)14-13-24-18-34-19-25(24)26(30)20-36-37(6,7)29(3,4)5/h8-12,21-22,26H,13-20H2,1-7H3/t21-,22-,26-,30+/m0/s1. The molecule has 0 saturated carbocycles. The Labute approximate surface area is 223 Å². The highest BCUT2D eigenvalue weighted by molar-refractivity contribution is 6.74. The molecular formula is C30H45NO5Si. The number of likely N-dealkylation sites (tertiary alicyclic amines) is 1. The van der Waals surface area contributed by atoms with Crippen LogP contribution in [-0.2, 0) is 25.3 Å². The third-order valence-corrected chi connectivity index (χ3v) is 14.1. The molecule has 3 aliphatic rings. The number of amides is 2. The monoisotopic (exact) mass is 527 g/mol. The van der Waals surface area contributed by atoms with Gasteiger partial charge in [-0.15, -0.1) is 0 Å². The Bertz CT molecular complexity index is 1030. The van der Waals surface area contributed by atoms with Crippen LogP contribution in [0.2, 0.25) is 18.1 Å². The summed E-state index contributed by atoms with van der Waals surface area (Å²) < 4.78 is 18.4. The quantitative estimate of drug-likeness (QED) is 0.320. The van der Waals surface area contributed by atoms with E-state index in [-0.39, 0.29) is 35.3 Å². The molecule has 1 fully saturated rings. The van der Waals surface area contributed by atoms with E-state index in [4.69, 9.17) is 13.9 Å². The summed E-state index contributed by atoms with van der Waals surface area (Å²) in [5, 5.41) is 0.0702. The third kappa shape index (κ3) is 5.59. The first-order valence-corrected chi connectivity index (χ1v) is 16.7. The highest BCUT2D eigenvalue weighted by atomic mass is 28.4. The molecule has 7 heteroatoms. The second-order valence-electron chi connectivity index (χ2n) is 13.0. The average Bonchev–Trinajstić information content (AvgIpc) is 3.30. The van der Waals surface area contributed by atoms with Gasteiger partial charge in [0, 0.05) is 19.1 Å². The molecule has 37 heavy (non-hydrogen) atoms. The first-order valence-electron chi connectivity index (χ1n) is 13.8. The normalized spacial score (nSPS) is 28.9. The number of carbonyl (C=O) groups excluding carboxylic acids is 2. The molecular weight excluding hydrogens is 482 g/mol. The van der Waals surface area contributed by atoms with E-state index in [2.05, 4.69) is 47.7 Å². The Kier molecular flexibility index (Phi) is 8.08. The van der Waals surface area contributed by atoms with Crippen LogP contribution in [0, 0.1) is 23.2 Å². The van der Waals surface area contributed by atoms with Gasteiger partial charge in [-0.25, -0.2) is 9.69 Å². The van der Waals surface area contributed by atoms with Crippen molar-refractivity contribution in [1.29, 1.82) is 0 Å². The van der Waals surface area contributed by atoms with Crippen molar-refractivity contribution in [2.45, 2.75) is 78.6 Å². The van der Waals surface area contributed by atoms with Gasteiger partial charge in [-0.2, -0.15) is 0 Å². The minimum atomic E-state index is -2.05. The molecule has 4 rings (SSSR count). The van der Waals surface area contributed by atoms with Gasteiger partial charge in [-0.05, 0) is 65.9 Å². The summed E-state index contributed by atoms with van der Waals surface area (Å²) in [6.07, 6.45) is 1.77. The molecule has 204 valence electrons. The molecule has 0 unspecified atom stereocenters. The Morgan fingerprint density at radius 3 is 2.51 bits per heavy atom. The maximum Gasteiger partial charge on any atom is 0.416 e. The molecule has 2 amide bonds. The number of carbonyl (C=O) groups is 2. The van der Waals surface area contributed by atoms with Crippen LogP contribution in [0.3, 0.4) is 0 Å². The van der Waals surface area contributed by atoms with Crippen LogP contribution in [0.25, 0.3) is 0 Å². The van der Waals surface area contributed by atoms with E-state index in [0.29, 0.717) is 26.4 Å². The second kappa shape index (κ2) is 10.7. The zero-order valence-corrected chi connectivity index (χ0v) is 24.8. The van der Waals surface area contributed by atoms with Crippen molar-refractivity contribution in [1.82, 2.24) is 4.90 Å². The molecule has 2 aliphatic heterocycles. The fourth-order valence-corrected chi connectivity index (χ4v) is 6.86. The number of rotatable bonds is 5. The summed E-state index contributed by atoms with van der Waals surface area (Å²) in [6, 6.07) is 9.62. The first kappa shape index (κ1) is 28.1. The molecule has 1 spiro atoms. The number of nitrogens with zero attached hydrogens (tertiary/aromatic N) is 1. The van der Waals surface area contributed by atoms with Crippen molar-refractivity contribution in [3.8, 4) is 0 Å². The maximum atomic E-state index is 14.5. The zero-order valence-electron chi connectivity index (χ0n) is 23.8. The lowest BCUT2D eigenvalue weighted by Gasteiger charge is -2.46. The molecule has 1 saturated heterocycles. The molecule has 6 nitrogen and oxygen atoms in total. The predicted molar refractivity (Wildman–Crippen MR) is 147 cm³/mol. The number of benzene rings is 1. The minimum Gasteiger partial charge on any atom is -0.444 e. The van der Waals surface area contributed by atoms with Gasteiger partial charge in [0.05, 0.1) is 18.6 Å². The van der Waals surface area contributed by atoms with E-state index in [0.717, 1.165) is 24.8 Å². The highest BCUT2D eigenvalue weighted by Crippen LogP contribution is 2.53. The molecule has 2 heterocycles. The fourth-order valence-electron chi connectivity index (χ4n) is 5.85. The number of hydrogen-bond donors (Lipinski definition) is 0. The lowest BCUT2D eigenvalue weighted by Crippen LogP contribution is -2.53.